The van der Waals surface area contributed by atoms with Crippen LogP contribution in [0.2, 0.25) is 0 Å². The number of aryl methyl sites for hydroxylation is 1. The first kappa shape index (κ1) is 34.5. The number of likely N-dealkylation sites (tertiary alicyclic amines) is 1. The van der Waals surface area contributed by atoms with Gasteiger partial charge in [-0.05, 0) is 55.2 Å². The first-order chi connectivity index (χ1) is 23.6. The van der Waals surface area contributed by atoms with E-state index in [4.69, 9.17) is 14.6 Å². The molecule has 3 heterocycles. The van der Waals surface area contributed by atoms with Crippen molar-refractivity contribution in [2.24, 2.45) is 5.92 Å². The number of methoxy groups -OCH3 is 2. The Bertz CT molecular complexity index is 1890. The maximum atomic E-state index is 14.9. The molecule has 0 spiro atoms. The molecule has 0 radical (unpaired) electrons. The van der Waals surface area contributed by atoms with E-state index < -0.39 is 47.5 Å². The first-order valence-electron chi connectivity index (χ1n) is 15.4. The summed E-state index contributed by atoms with van der Waals surface area (Å²) in [7, 11) is 2.42. The summed E-state index contributed by atoms with van der Waals surface area (Å²) in [6.07, 6.45) is 4.50. The number of ether oxygens (including phenoxy) is 2. The number of rotatable bonds is 11. The monoisotopic (exact) mass is 679 g/mol. The first-order valence-corrected chi connectivity index (χ1v) is 15.4. The molecule has 2 aromatic heterocycles. The Kier molecular flexibility index (Phi) is 10.5. The Labute approximate surface area is 279 Å². The highest BCUT2D eigenvalue weighted by molar-refractivity contribution is 5.97. The van der Waals surface area contributed by atoms with Gasteiger partial charge in [-0.25, -0.2) is 23.9 Å². The summed E-state index contributed by atoms with van der Waals surface area (Å²) in [5, 5.41) is 17.6. The van der Waals surface area contributed by atoms with Crippen molar-refractivity contribution in [1.29, 1.82) is 0 Å². The molecular weight excluding hydrogens is 644 g/mol. The number of hydrogen-bond acceptors (Lipinski definition) is 9. The zero-order chi connectivity index (χ0) is 35.2. The number of carboxylic acid groups (broad SMARTS) is 1. The molecule has 1 aliphatic heterocycles. The summed E-state index contributed by atoms with van der Waals surface area (Å²) in [6.45, 7) is 2.04. The maximum absolute atomic E-state index is 14.9. The maximum Gasteiger partial charge on any atom is 0.407 e. The van der Waals surface area contributed by atoms with E-state index in [0.29, 0.717) is 53.2 Å². The van der Waals surface area contributed by atoms with Gasteiger partial charge in [0.1, 0.15) is 6.04 Å². The number of halogens is 2. The molecule has 14 nitrogen and oxygen atoms in total. The molecule has 4 N–H and O–H groups in total. The Balaban J connectivity index is 1.28. The van der Waals surface area contributed by atoms with Gasteiger partial charge in [-0.15, -0.1) is 0 Å². The molecule has 0 unspecified atom stereocenters. The molecule has 5 rings (SSSR count). The standard InChI is InChI=1S/C33H35F2N7O7/c1-4-18-15-20(39-28-29-37-17-24(42(29)14-11-36-28)22-7-8-25(48-2)27(35)26(22)34)5-6-21(18)31(44)38-16-23(32(45)49-3)40-30(43)19-9-12-41(13-10-19)33(46)47/h5-8,11,14-15,17,19,23H,4,9-10,12-13,16H2,1-3H3,(H,36,39)(H,38,44)(H,40,43)(H,46,47)/t23-/m0/s1. The van der Waals surface area contributed by atoms with Crippen molar-refractivity contribution in [1.82, 2.24) is 29.9 Å². The molecule has 0 saturated carbocycles. The highest BCUT2D eigenvalue weighted by atomic mass is 19.2. The van der Waals surface area contributed by atoms with Gasteiger partial charge in [0.05, 0.1) is 26.1 Å². The molecule has 16 heteroatoms. The minimum absolute atomic E-state index is 0.0124. The fourth-order valence-electron chi connectivity index (χ4n) is 5.66. The van der Waals surface area contributed by atoms with E-state index in [1.54, 1.807) is 28.8 Å². The second-order valence-corrected chi connectivity index (χ2v) is 11.2. The lowest BCUT2D eigenvalue weighted by atomic mass is 9.96. The summed E-state index contributed by atoms with van der Waals surface area (Å²) in [6, 6.07) is 6.60. The zero-order valence-corrected chi connectivity index (χ0v) is 27.0. The number of carbonyl (C=O) groups excluding carboxylic acids is 3. The summed E-state index contributed by atoms with van der Waals surface area (Å²) >= 11 is 0. The highest BCUT2D eigenvalue weighted by Crippen LogP contribution is 2.32. The summed E-state index contributed by atoms with van der Waals surface area (Å²) < 4.78 is 40.6. The lowest BCUT2D eigenvalue weighted by Gasteiger charge is -2.30. The van der Waals surface area contributed by atoms with Crippen molar-refractivity contribution >= 4 is 41.0 Å². The van der Waals surface area contributed by atoms with E-state index in [9.17, 15) is 28.0 Å². The summed E-state index contributed by atoms with van der Waals surface area (Å²) in [5.41, 5.74) is 2.21. The van der Waals surface area contributed by atoms with Crippen LogP contribution in [0, 0.1) is 17.6 Å². The average molecular weight is 680 g/mol. The molecule has 258 valence electrons. The van der Waals surface area contributed by atoms with Crippen LogP contribution < -0.4 is 20.7 Å². The highest BCUT2D eigenvalue weighted by Gasteiger charge is 2.31. The van der Waals surface area contributed by atoms with E-state index >= 15 is 0 Å². The lowest BCUT2D eigenvalue weighted by Crippen LogP contribution is -2.52. The van der Waals surface area contributed by atoms with Crippen molar-refractivity contribution in [2.75, 3.05) is 39.2 Å². The smallest absolute Gasteiger partial charge is 0.407 e. The molecule has 1 aliphatic rings. The van der Waals surface area contributed by atoms with Crippen molar-refractivity contribution in [3.63, 3.8) is 0 Å². The second kappa shape index (κ2) is 15.0. The van der Waals surface area contributed by atoms with Gasteiger partial charge >= 0.3 is 12.1 Å². The molecule has 4 aromatic rings. The molecule has 1 fully saturated rings. The Morgan fingerprint density at radius 2 is 1.82 bits per heavy atom. The zero-order valence-electron chi connectivity index (χ0n) is 27.0. The van der Waals surface area contributed by atoms with E-state index in [-0.39, 0.29) is 30.9 Å². The third-order valence-electron chi connectivity index (χ3n) is 8.37. The largest absolute Gasteiger partial charge is 0.494 e. The van der Waals surface area contributed by atoms with Crippen molar-refractivity contribution in [3.8, 4) is 17.0 Å². The van der Waals surface area contributed by atoms with Crippen LogP contribution >= 0.6 is 0 Å². The van der Waals surface area contributed by atoms with Crippen LogP contribution in [0.15, 0.2) is 48.9 Å². The van der Waals surface area contributed by atoms with Crippen molar-refractivity contribution in [2.45, 2.75) is 32.2 Å². The molecule has 0 bridgehead atoms. The normalized spacial score (nSPS) is 13.9. The fraction of sp³-hybridized carbons (Fsp3) is 0.333. The minimum Gasteiger partial charge on any atom is -0.494 e. The molecule has 2 aromatic carbocycles. The van der Waals surface area contributed by atoms with Crippen LogP contribution in [-0.2, 0) is 20.7 Å². The van der Waals surface area contributed by atoms with E-state index in [2.05, 4.69) is 25.9 Å². The number of imidazole rings is 1. The van der Waals surface area contributed by atoms with Gasteiger partial charge in [-0.2, -0.15) is 4.39 Å². The van der Waals surface area contributed by atoms with Gasteiger partial charge < -0.3 is 35.4 Å². The fourth-order valence-corrected chi connectivity index (χ4v) is 5.66. The summed E-state index contributed by atoms with van der Waals surface area (Å²) in [4.78, 5) is 59.7. The van der Waals surface area contributed by atoms with Gasteiger partial charge in [0.2, 0.25) is 11.7 Å². The predicted octanol–water partition coefficient (Wildman–Crippen LogP) is 3.77. The van der Waals surface area contributed by atoms with Crippen LogP contribution in [0.5, 0.6) is 5.75 Å². The Hall–Kier alpha value is -5.80. The molecule has 3 amide bonds. The topological polar surface area (TPSA) is 176 Å². The molecular formula is C33H35F2N7O7. The Morgan fingerprint density at radius 3 is 2.49 bits per heavy atom. The number of esters is 1. The van der Waals surface area contributed by atoms with Gasteiger partial charge in [0, 0.05) is 54.8 Å². The Morgan fingerprint density at radius 1 is 1.06 bits per heavy atom. The lowest BCUT2D eigenvalue weighted by molar-refractivity contribution is -0.145. The van der Waals surface area contributed by atoms with Crippen molar-refractivity contribution < 1.29 is 42.5 Å². The van der Waals surface area contributed by atoms with Gasteiger partial charge in [0.25, 0.3) is 5.91 Å². The number of piperidine rings is 1. The van der Waals surface area contributed by atoms with E-state index in [1.807, 2.05) is 6.92 Å². The summed E-state index contributed by atoms with van der Waals surface area (Å²) in [5.74, 6) is -4.20. The number of nitrogens with one attached hydrogen (secondary N) is 3. The number of amides is 3. The number of benzene rings is 2. The molecule has 1 atom stereocenters. The van der Waals surface area contributed by atoms with Gasteiger partial charge in [-0.3, -0.25) is 14.0 Å². The van der Waals surface area contributed by atoms with Crippen molar-refractivity contribution in [3.05, 3.63) is 71.7 Å². The predicted molar refractivity (Wildman–Crippen MR) is 173 cm³/mol. The van der Waals surface area contributed by atoms with Crippen LogP contribution in [0.3, 0.4) is 0 Å². The number of carbonyl (C=O) groups is 4. The van der Waals surface area contributed by atoms with Gasteiger partial charge in [0.15, 0.2) is 23.0 Å². The van der Waals surface area contributed by atoms with Crippen LogP contribution in [0.1, 0.15) is 35.7 Å². The van der Waals surface area contributed by atoms with E-state index in [0.717, 1.165) is 0 Å². The van der Waals surface area contributed by atoms with Crippen LogP contribution in [0.4, 0.5) is 25.1 Å². The second-order valence-electron chi connectivity index (χ2n) is 11.2. The molecule has 49 heavy (non-hydrogen) atoms. The van der Waals surface area contributed by atoms with E-state index in [1.165, 1.54) is 43.6 Å². The third kappa shape index (κ3) is 7.37. The number of aromatic nitrogens is 3. The number of anilines is 2. The third-order valence-corrected chi connectivity index (χ3v) is 8.37. The molecule has 1 saturated heterocycles. The van der Waals surface area contributed by atoms with Gasteiger partial charge in [-0.1, -0.05) is 6.92 Å². The average Bonchev–Trinajstić information content (AvgIpc) is 3.55. The number of hydrogen-bond donors (Lipinski definition) is 4. The molecule has 0 aliphatic carbocycles. The number of nitrogens with zero attached hydrogens (tertiary/aromatic N) is 4. The van der Waals surface area contributed by atoms with Crippen LogP contribution in [0.25, 0.3) is 16.9 Å². The van der Waals surface area contributed by atoms with Crippen LogP contribution in [-0.4, -0.2) is 88.1 Å². The SMILES string of the molecule is CCc1cc(Nc2nccn3c(-c4ccc(OC)c(F)c4F)cnc23)ccc1C(=O)NC[C@H](NC(=O)C1CCN(C(=O)O)CC1)C(=O)OC. The quantitative estimate of drug-likeness (QED) is 0.171. The number of fused-ring (bicyclic) bond motifs is 1. The minimum atomic E-state index is -1.15.